The van der Waals surface area contributed by atoms with Gasteiger partial charge in [0.05, 0.1) is 0 Å². The first-order chi connectivity index (χ1) is 6.96. The van der Waals surface area contributed by atoms with Gasteiger partial charge in [-0.05, 0) is 27.7 Å². The van der Waals surface area contributed by atoms with Crippen LogP contribution in [-0.2, 0) is 14.3 Å². The Labute approximate surface area is 104 Å². The highest BCUT2D eigenvalue weighted by Gasteiger charge is 2.33. The number of hydrogen-bond acceptors (Lipinski definition) is 3. The minimum Gasteiger partial charge on any atom is -0.480 e. The van der Waals surface area contributed by atoms with Gasteiger partial charge in [0, 0.05) is 12.0 Å². The van der Waals surface area contributed by atoms with E-state index in [1.807, 2.05) is 0 Å². The highest BCUT2D eigenvalue weighted by Crippen LogP contribution is 2.27. The molecule has 0 aliphatic rings. The molecular formula is C11H17BrO4. The van der Waals surface area contributed by atoms with Gasteiger partial charge < -0.3 is 9.84 Å². The van der Waals surface area contributed by atoms with Gasteiger partial charge in [-0.2, -0.15) is 0 Å². The molecule has 0 aliphatic heterocycles. The lowest BCUT2D eigenvalue weighted by Crippen LogP contribution is -2.31. The van der Waals surface area contributed by atoms with Crippen LogP contribution in [0.2, 0.25) is 0 Å². The van der Waals surface area contributed by atoms with Crippen molar-refractivity contribution in [1.82, 2.24) is 0 Å². The van der Waals surface area contributed by atoms with Crippen molar-refractivity contribution in [3.05, 3.63) is 12.2 Å². The Hall–Kier alpha value is -0.840. The van der Waals surface area contributed by atoms with Gasteiger partial charge >= 0.3 is 11.9 Å². The zero-order valence-corrected chi connectivity index (χ0v) is 11.6. The van der Waals surface area contributed by atoms with Gasteiger partial charge in [0.15, 0.2) is 0 Å². The summed E-state index contributed by atoms with van der Waals surface area (Å²) in [5.41, 5.74) is -0.469. The maximum atomic E-state index is 11.5. The predicted molar refractivity (Wildman–Crippen MR) is 64.6 cm³/mol. The number of alkyl halides is 1. The van der Waals surface area contributed by atoms with Crippen molar-refractivity contribution in [2.75, 3.05) is 0 Å². The lowest BCUT2D eigenvalue weighted by atomic mass is 10.0. The molecule has 1 N–H and O–H groups in total. The summed E-state index contributed by atoms with van der Waals surface area (Å²) in [6, 6.07) is 0. The van der Waals surface area contributed by atoms with Crippen LogP contribution in [-0.4, -0.2) is 27.0 Å². The molecule has 16 heavy (non-hydrogen) atoms. The monoisotopic (exact) mass is 292 g/mol. The van der Waals surface area contributed by atoms with Crippen LogP contribution in [0.15, 0.2) is 12.2 Å². The standard InChI is InChI=1S/C11H17BrO4/c1-7(6-11(5,12)9(14)15)8(13)16-10(2,3)4/h1,6H2,2-5H3,(H,14,15). The van der Waals surface area contributed by atoms with Crippen LogP contribution in [0, 0.1) is 0 Å². The average molecular weight is 293 g/mol. The molecule has 0 saturated heterocycles. The molecule has 0 aliphatic carbocycles. The van der Waals surface area contributed by atoms with Crippen molar-refractivity contribution in [2.45, 2.75) is 44.0 Å². The van der Waals surface area contributed by atoms with Crippen molar-refractivity contribution in [2.24, 2.45) is 0 Å². The first kappa shape index (κ1) is 15.2. The molecular weight excluding hydrogens is 276 g/mol. The highest BCUT2D eigenvalue weighted by molar-refractivity contribution is 9.10. The summed E-state index contributed by atoms with van der Waals surface area (Å²) in [4.78, 5) is 22.3. The zero-order valence-electron chi connectivity index (χ0n) is 9.96. The van der Waals surface area contributed by atoms with E-state index < -0.39 is 21.9 Å². The molecule has 1 atom stereocenters. The summed E-state index contributed by atoms with van der Waals surface area (Å²) in [6.45, 7) is 10.2. The topological polar surface area (TPSA) is 63.6 Å². The van der Waals surface area contributed by atoms with Crippen LogP contribution in [0.4, 0.5) is 0 Å². The van der Waals surface area contributed by atoms with Gasteiger partial charge in [-0.1, -0.05) is 22.5 Å². The summed E-state index contributed by atoms with van der Waals surface area (Å²) in [6.07, 6.45) is -0.00273. The SMILES string of the molecule is C=C(CC(C)(Br)C(=O)O)C(=O)OC(C)(C)C. The Balaban J connectivity index is 4.50. The number of esters is 1. The van der Waals surface area contributed by atoms with Gasteiger partial charge in [0.25, 0.3) is 0 Å². The number of ether oxygens (including phenoxy) is 1. The van der Waals surface area contributed by atoms with Crippen LogP contribution in [0.25, 0.3) is 0 Å². The summed E-state index contributed by atoms with van der Waals surface area (Å²) in [5.74, 6) is -1.61. The summed E-state index contributed by atoms with van der Waals surface area (Å²) < 4.78 is 3.88. The third-order valence-electron chi connectivity index (χ3n) is 1.68. The molecule has 0 aromatic heterocycles. The van der Waals surface area contributed by atoms with Crippen molar-refractivity contribution < 1.29 is 19.4 Å². The molecule has 0 fully saturated rings. The number of rotatable bonds is 4. The number of hydrogen-bond donors (Lipinski definition) is 1. The van der Waals surface area contributed by atoms with E-state index in [1.165, 1.54) is 6.92 Å². The third kappa shape index (κ3) is 5.30. The smallest absolute Gasteiger partial charge is 0.333 e. The molecule has 92 valence electrons. The molecule has 0 spiro atoms. The van der Waals surface area contributed by atoms with Gasteiger partial charge in [-0.3, -0.25) is 4.79 Å². The number of carbonyl (C=O) groups excluding carboxylic acids is 1. The maximum Gasteiger partial charge on any atom is 0.333 e. The fourth-order valence-corrected chi connectivity index (χ4v) is 1.24. The fraction of sp³-hybridized carbons (Fsp3) is 0.636. The van der Waals surface area contributed by atoms with Gasteiger partial charge in [0.2, 0.25) is 0 Å². The quantitative estimate of drug-likeness (QED) is 0.491. The zero-order chi connectivity index (χ0) is 13.1. The number of carboxylic acid groups (broad SMARTS) is 1. The molecule has 5 heteroatoms. The molecule has 0 aromatic rings. The van der Waals surface area contributed by atoms with E-state index in [0.717, 1.165) is 0 Å². The van der Waals surface area contributed by atoms with E-state index in [-0.39, 0.29) is 12.0 Å². The molecule has 1 unspecified atom stereocenters. The summed E-state index contributed by atoms with van der Waals surface area (Å²) in [7, 11) is 0. The first-order valence-corrected chi connectivity index (χ1v) is 5.58. The molecule has 0 radical (unpaired) electrons. The number of halogens is 1. The lowest BCUT2D eigenvalue weighted by Gasteiger charge is -2.22. The molecule has 4 nitrogen and oxygen atoms in total. The fourth-order valence-electron chi connectivity index (χ4n) is 0.899. The van der Waals surface area contributed by atoms with E-state index in [2.05, 4.69) is 22.5 Å². The minimum absolute atomic E-state index is 0.00273. The van der Waals surface area contributed by atoms with E-state index in [0.29, 0.717) is 0 Å². The van der Waals surface area contributed by atoms with Crippen molar-refractivity contribution in [3.63, 3.8) is 0 Å². The van der Waals surface area contributed by atoms with E-state index >= 15 is 0 Å². The average Bonchev–Trinajstić information content (AvgIpc) is 1.99. The van der Waals surface area contributed by atoms with Gasteiger partial charge in [0.1, 0.15) is 9.93 Å². The highest BCUT2D eigenvalue weighted by atomic mass is 79.9. The largest absolute Gasteiger partial charge is 0.480 e. The van der Waals surface area contributed by atoms with Crippen LogP contribution < -0.4 is 0 Å². The second-order valence-corrected chi connectivity index (χ2v) is 6.54. The molecule has 0 bridgehead atoms. The van der Waals surface area contributed by atoms with Crippen LogP contribution in [0.5, 0.6) is 0 Å². The van der Waals surface area contributed by atoms with Crippen molar-refractivity contribution in [1.29, 1.82) is 0 Å². The predicted octanol–water partition coefficient (Wildman–Crippen LogP) is 2.51. The second kappa shape index (κ2) is 4.99. The number of carboxylic acids is 1. The Bertz CT molecular complexity index is 312. The lowest BCUT2D eigenvalue weighted by molar-refractivity contribution is -0.150. The Morgan fingerprint density at radius 2 is 1.75 bits per heavy atom. The van der Waals surface area contributed by atoms with Crippen molar-refractivity contribution in [3.8, 4) is 0 Å². The van der Waals surface area contributed by atoms with Crippen LogP contribution >= 0.6 is 15.9 Å². The Morgan fingerprint density at radius 3 is 2.06 bits per heavy atom. The van der Waals surface area contributed by atoms with E-state index in [4.69, 9.17) is 9.84 Å². The normalized spacial score (nSPS) is 15.1. The van der Waals surface area contributed by atoms with Crippen LogP contribution in [0.3, 0.4) is 0 Å². The summed E-state index contributed by atoms with van der Waals surface area (Å²) >= 11 is 3.03. The Kier molecular flexibility index (Phi) is 4.73. The molecule has 0 rings (SSSR count). The minimum atomic E-state index is -1.19. The van der Waals surface area contributed by atoms with Crippen LogP contribution in [0.1, 0.15) is 34.1 Å². The maximum absolute atomic E-state index is 11.5. The Morgan fingerprint density at radius 1 is 1.31 bits per heavy atom. The number of carbonyl (C=O) groups is 2. The molecule has 0 aromatic carbocycles. The first-order valence-electron chi connectivity index (χ1n) is 4.79. The molecule has 0 saturated carbocycles. The summed E-state index contributed by atoms with van der Waals surface area (Å²) in [5, 5.41) is 8.86. The van der Waals surface area contributed by atoms with E-state index in [9.17, 15) is 9.59 Å². The molecule has 0 amide bonds. The van der Waals surface area contributed by atoms with Crippen molar-refractivity contribution >= 4 is 27.9 Å². The van der Waals surface area contributed by atoms with Gasteiger partial charge in [-0.25, -0.2) is 4.79 Å². The molecule has 0 heterocycles. The van der Waals surface area contributed by atoms with Gasteiger partial charge in [-0.15, -0.1) is 0 Å². The second-order valence-electron chi connectivity index (χ2n) is 4.78. The third-order valence-corrected chi connectivity index (χ3v) is 2.30. The number of aliphatic carboxylic acids is 1. The van der Waals surface area contributed by atoms with E-state index in [1.54, 1.807) is 20.8 Å².